The van der Waals surface area contributed by atoms with E-state index in [1.165, 1.54) is 86.9 Å². The van der Waals surface area contributed by atoms with Crippen molar-refractivity contribution in [3.05, 3.63) is 291 Å². The molecular weight excluding hydrogens is 893 g/mol. The maximum atomic E-state index is 2.38. The average Bonchev–Trinajstić information content (AvgIpc) is 3.50. The highest BCUT2D eigenvalue weighted by Crippen LogP contribution is 2.43. The van der Waals surface area contributed by atoms with Gasteiger partial charge >= 0.3 is 0 Å². The van der Waals surface area contributed by atoms with Crippen molar-refractivity contribution in [1.82, 2.24) is 0 Å². The lowest BCUT2D eigenvalue weighted by Gasteiger charge is -2.27. The minimum absolute atomic E-state index is 1.09. The summed E-state index contributed by atoms with van der Waals surface area (Å²) in [5.74, 6) is 0. The first-order valence-electron chi connectivity index (χ1n) is 25.5. The first-order valence-corrected chi connectivity index (χ1v) is 25.5. The van der Waals surface area contributed by atoms with Gasteiger partial charge in [0.15, 0.2) is 0 Å². The van der Waals surface area contributed by atoms with Crippen LogP contribution in [0.1, 0.15) is 0 Å². The molecule has 0 saturated heterocycles. The fraction of sp³-hybridized carbons (Fsp3) is 0. The highest BCUT2D eigenvalue weighted by molar-refractivity contribution is 6.27. The van der Waals surface area contributed by atoms with E-state index in [0.717, 1.165) is 45.3 Å². The summed E-state index contributed by atoms with van der Waals surface area (Å²) in [5.41, 5.74) is 13.6. The number of rotatable bonds is 9. The lowest BCUT2D eigenvalue weighted by Crippen LogP contribution is -2.10. The van der Waals surface area contributed by atoms with E-state index in [-0.39, 0.29) is 0 Å². The number of para-hydroxylation sites is 2. The van der Waals surface area contributed by atoms with Gasteiger partial charge in [0.25, 0.3) is 0 Å². The Morgan fingerprint density at radius 3 is 0.716 bits per heavy atom. The predicted octanol–water partition coefficient (Wildman–Crippen LogP) is 20.5. The Morgan fingerprint density at radius 1 is 0.135 bits per heavy atom. The van der Waals surface area contributed by atoms with Gasteiger partial charge in [-0.3, -0.25) is 0 Å². The molecule has 0 fully saturated rings. The van der Waals surface area contributed by atoms with Gasteiger partial charge in [0.2, 0.25) is 0 Å². The maximum Gasteiger partial charge on any atom is 0.0467 e. The summed E-state index contributed by atoms with van der Waals surface area (Å²) in [6.45, 7) is 0. The molecule has 0 bridgehead atoms. The third-order valence-electron chi connectivity index (χ3n) is 15.0. The van der Waals surface area contributed by atoms with Gasteiger partial charge in [-0.1, -0.05) is 206 Å². The van der Waals surface area contributed by atoms with Crippen LogP contribution in [0.4, 0.5) is 34.1 Å². The molecule has 0 aliphatic carbocycles. The number of anilines is 6. The summed E-state index contributed by atoms with van der Waals surface area (Å²) in [6, 6.07) is 106. The molecule has 0 aliphatic rings. The molecule has 346 valence electrons. The Balaban J connectivity index is 0.786. The van der Waals surface area contributed by atoms with Crippen LogP contribution in [0.25, 0.3) is 98.0 Å². The third-order valence-corrected chi connectivity index (χ3v) is 15.0. The molecule has 0 heterocycles. The van der Waals surface area contributed by atoms with E-state index in [4.69, 9.17) is 0 Å². The molecule has 0 atom stereocenters. The molecule has 0 N–H and O–H groups in total. The summed E-state index contributed by atoms with van der Waals surface area (Å²) in [6.07, 6.45) is 0. The monoisotopic (exact) mass is 940 g/mol. The van der Waals surface area contributed by atoms with Crippen molar-refractivity contribution in [2.24, 2.45) is 0 Å². The molecule has 2 heteroatoms. The van der Waals surface area contributed by atoms with Crippen LogP contribution in [0, 0.1) is 0 Å². The largest absolute Gasteiger partial charge is 0.310 e. The van der Waals surface area contributed by atoms with Gasteiger partial charge < -0.3 is 9.80 Å². The van der Waals surface area contributed by atoms with Gasteiger partial charge in [-0.2, -0.15) is 0 Å². The van der Waals surface area contributed by atoms with Crippen molar-refractivity contribution in [2.45, 2.75) is 0 Å². The van der Waals surface area contributed by atoms with Gasteiger partial charge in [-0.25, -0.2) is 0 Å². The molecule has 0 saturated carbocycles. The zero-order chi connectivity index (χ0) is 49.0. The molecule has 14 aromatic rings. The first kappa shape index (κ1) is 43.1. The average molecular weight is 941 g/mol. The van der Waals surface area contributed by atoms with Crippen molar-refractivity contribution in [3.8, 4) is 33.4 Å². The van der Waals surface area contributed by atoms with Gasteiger partial charge in [0, 0.05) is 34.1 Å². The Hall–Kier alpha value is -9.76. The topological polar surface area (TPSA) is 6.48 Å². The second-order valence-corrected chi connectivity index (χ2v) is 19.2. The summed E-state index contributed by atoms with van der Waals surface area (Å²) >= 11 is 0. The zero-order valence-corrected chi connectivity index (χ0v) is 40.6. The number of benzene rings is 14. The predicted molar refractivity (Wildman–Crippen MR) is 317 cm³/mol. The molecule has 14 aromatic carbocycles. The van der Waals surface area contributed by atoms with E-state index in [1.807, 2.05) is 0 Å². The highest BCUT2D eigenvalue weighted by Gasteiger charge is 2.18. The second-order valence-electron chi connectivity index (χ2n) is 19.2. The Kier molecular flexibility index (Phi) is 10.6. The van der Waals surface area contributed by atoms with E-state index < -0.39 is 0 Å². The highest BCUT2D eigenvalue weighted by atomic mass is 15.1. The van der Waals surface area contributed by atoms with E-state index in [0.29, 0.717) is 0 Å². The molecule has 0 amide bonds. The lowest BCUT2D eigenvalue weighted by molar-refractivity contribution is 1.28. The number of hydrogen-bond acceptors (Lipinski definition) is 2. The molecule has 74 heavy (non-hydrogen) atoms. The normalized spacial score (nSPS) is 11.5. The molecular formula is C72H48N2. The summed E-state index contributed by atoms with van der Waals surface area (Å²) in [4.78, 5) is 4.71. The van der Waals surface area contributed by atoms with E-state index in [9.17, 15) is 0 Å². The fourth-order valence-electron chi connectivity index (χ4n) is 11.5. The van der Waals surface area contributed by atoms with Gasteiger partial charge in [-0.05, 0) is 183 Å². The van der Waals surface area contributed by atoms with Crippen molar-refractivity contribution in [1.29, 1.82) is 0 Å². The standard InChI is InChI=1S/C72H48N2/c1-3-19-55(20-4-1)73(59-23-15-17-51(45-59)53-37-43-69-65-29-9-7-25-61(65)63-27-11-13-31-67(63)71(69)47-53)57-39-33-49(34-40-57)50-35-41-58(42-36-50)74(56-21-5-2-6-22-56)60-24-16-18-52(46-60)54-38-44-70-66-30-10-8-26-62(66)64-28-12-14-32-68(64)72(70)48-54/h1-48H. The van der Waals surface area contributed by atoms with Gasteiger partial charge in [0.1, 0.15) is 0 Å². The van der Waals surface area contributed by atoms with E-state index in [2.05, 4.69) is 301 Å². The van der Waals surface area contributed by atoms with Crippen LogP contribution in [0.2, 0.25) is 0 Å². The smallest absolute Gasteiger partial charge is 0.0467 e. The third kappa shape index (κ3) is 7.52. The Bertz CT molecular complexity index is 4050. The second kappa shape index (κ2) is 18.1. The SMILES string of the molecule is c1ccc(N(c2ccc(-c3ccc(N(c4ccccc4)c4cccc(-c5ccc6c7ccccc7c7ccccc7c6c5)c4)cc3)cc2)c2cccc(-c3ccc4c5ccccc5c5ccccc5c4c3)c2)cc1. The Labute approximate surface area is 430 Å². The maximum absolute atomic E-state index is 2.38. The molecule has 0 aliphatic heterocycles. The summed E-state index contributed by atoms with van der Waals surface area (Å²) in [7, 11) is 0. The zero-order valence-electron chi connectivity index (χ0n) is 40.6. The number of hydrogen-bond donors (Lipinski definition) is 0. The van der Waals surface area contributed by atoms with Gasteiger partial charge in [0.05, 0.1) is 0 Å². The molecule has 0 unspecified atom stereocenters. The van der Waals surface area contributed by atoms with Gasteiger partial charge in [-0.15, -0.1) is 0 Å². The molecule has 0 spiro atoms. The van der Waals surface area contributed by atoms with Crippen LogP contribution < -0.4 is 9.80 Å². The van der Waals surface area contributed by atoms with Crippen LogP contribution in [0.3, 0.4) is 0 Å². The minimum Gasteiger partial charge on any atom is -0.310 e. The Morgan fingerprint density at radius 2 is 0.378 bits per heavy atom. The van der Waals surface area contributed by atoms with E-state index in [1.54, 1.807) is 0 Å². The lowest BCUT2D eigenvalue weighted by atomic mass is 9.92. The van der Waals surface area contributed by atoms with E-state index >= 15 is 0 Å². The molecule has 2 nitrogen and oxygen atoms in total. The van der Waals surface area contributed by atoms with Crippen molar-refractivity contribution in [3.63, 3.8) is 0 Å². The van der Waals surface area contributed by atoms with Crippen LogP contribution in [0.15, 0.2) is 291 Å². The molecule has 0 radical (unpaired) electrons. The minimum atomic E-state index is 1.09. The van der Waals surface area contributed by atoms with Crippen LogP contribution in [-0.4, -0.2) is 0 Å². The van der Waals surface area contributed by atoms with Crippen molar-refractivity contribution in [2.75, 3.05) is 9.80 Å². The number of nitrogens with zero attached hydrogens (tertiary/aromatic N) is 2. The van der Waals surface area contributed by atoms with Crippen molar-refractivity contribution < 1.29 is 0 Å². The summed E-state index contributed by atoms with van der Waals surface area (Å²) in [5, 5.41) is 15.4. The quantitative estimate of drug-likeness (QED) is 0.133. The summed E-state index contributed by atoms with van der Waals surface area (Å²) < 4.78 is 0. The fourth-order valence-corrected chi connectivity index (χ4v) is 11.5. The van der Waals surface area contributed by atoms with Crippen LogP contribution in [0.5, 0.6) is 0 Å². The molecule has 14 rings (SSSR count). The number of fused-ring (bicyclic) bond motifs is 12. The van der Waals surface area contributed by atoms with Crippen molar-refractivity contribution >= 4 is 98.8 Å². The van der Waals surface area contributed by atoms with Crippen LogP contribution >= 0.6 is 0 Å². The molecule has 0 aromatic heterocycles. The van der Waals surface area contributed by atoms with Crippen LogP contribution in [-0.2, 0) is 0 Å². The first-order chi connectivity index (χ1) is 36.7.